The summed E-state index contributed by atoms with van der Waals surface area (Å²) in [5, 5.41) is 5.22. The summed E-state index contributed by atoms with van der Waals surface area (Å²) in [6, 6.07) is 10.9. The lowest BCUT2D eigenvalue weighted by molar-refractivity contribution is 0.102. The normalized spacial score (nSPS) is 10.6. The van der Waals surface area contributed by atoms with Gasteiger partial charge in [0.05, 0.1) is 23.5 Å². The maximum absolute atomic E-state index is 12.6. The highest BCUT2D eigenvalue weighted by Gasteiger charge is 2.16. The fourth-order valence-corrected chi connectivity index (χ4v) is 3.87. The quantitative estimate of drug-likeness (QED) is 0.339. The molecule has 1 N–H and O–H groups in total. The lowest BCUT2D eigenvalue weighted by Gasteiger charge is -2.14. The minimum atomic E-state index is -0.230. The Bertz CT molecular complexity index is 947. The number of ether oxygens (including phenoxy) is 2. The Morgan fingerprint density at radius 1 is 1.13 bits per heavy atom. The largest absolute Gasteiger partial charge is 0.492 e. The molecule has 0 aliphatic rings. The average molecular weight is 445 g/mol. The van der Waals surface area contributed by atoms with E-state index in [-0.39, 0.29) is 12.5 Å². The van der Waals surface area contributed by atoms with Crippen molar-refractivity contribution in [3.8, 4) is 11.5 Å². The van der Waals surface area contributed by atoms with Crippen LogP contribution in [0.3, 0.4) is 0 Å². The number of benzene rings is 1. The van der Waals surface area contributed by atoms with Gasteiger partial charge >= 0.3 is 0 Å². The molecule has 3 aromatic rings. The third-order valence-corrected chi connectivity index (χ3v) is 5.62. The highest BCUT2D eigenvalue weighted by molar-refractivity contribution is 7.12. The summed E-state index contributed by atoms with van der Waals surface area (Å²) >= 11 is 7.68. The molecule has 0 aliphatic carbocycles. The van der Waals surface area contributed by atoms with E-state index in [9.17, 15) is 4.79 Å². The maximum atomic E-state index is 12.6. The van der Waals surface area contributed by atoms with Crippen molar-refractivity contribution >= 4 is 34.5 Å². The van der Waals surface area contributed by atoms with Crippen LogP contribution in [0.5, 0.6) is 11.5 Å². The van der Waals surface area contributed by atoms with Gasteiger partial charge in [0, 0.05) is 11.8 Å². The lowest BCUT2D eigenvalue weighted by Crippen LogP contribution is -2.12. The van der Waals surface area contributed by atoms with Crippen LogP contribution in [0.15, 0.2) is 54.2 Å². The number of amides is 1. The molecule has 0 bridgehead atoms. The van der Waals surface area contributed by atoms with Crippen LogP contribution >= 0.6 is 22.9 Å². The number of anilines is 1. The third kappa shape index (κ3) is 6.21. The second-order valence-electron chi connectivity index (χ2n) is 6.74. The highest BCUT2D eigenvalue weighted by atomic mass is 35.5. The van der Waals surface area contributed by atoms with Crippen molar-refractivity contribution in [1.82, 2.24) is 4.98 Å². The van der Waals surface area contributed by atoms with Crippen molar-refractivity contribution in [3.05, 3.63) is 69.6 Å². The second-order valence-corrected chi connectivity index (χ2v) is 8.06. The van der Waals surface area contributed by atoms with Gasteiger partial charge in [-0.25, -0.2) is 0 Å². The highest BCUT2D eigenvalue weighted by Crippen LogP contribution is 2.32. The van der Waals surface area contributed by atoms with Crippen molar-refractivity contribution in [1.29, 1.82) is 0 Å². The molecule has 2 heterocycles. The zero-order valence-corrected chi connectivity index (χ0v) is 18.5. The minimum absolute atomic E-state index is 0.230. The van der Waals surface area contributed by atoms with Crippen LogP contribution in [-0.4, -0.2) is 17.5 Å². The Labute approximate surface area is 186 Å². The molecule has 0 radical (unpaired) electrons. The van der Waals surface area contributed by atoms with Gasteiger partial charge in [-0.15, -0.1) is 11.3 Å². The molecular weight excluding hydrogens is 420 g/mol. The van der Waals surface area contributed by atoms with E-state index in [1.165, 1.54) is 24.2 Å². The molecule has 1 aromatic carbocycles. The number of carbonyl (C=O) groups excluding carboxylic acids is 1. The van der Waals surface area contributed by atoms with E-state index in [1.54, 1.807) is 30.6 Å². The molecule has 0 saturated heterocycles. The topological polar surface area (TPSA) is 60.5 Å². The number of unbranched alkanes of at least 4 members (excludes halogenated alkanes) is 3. The van der Waals surface area contributed by atoms with Crippen LogP contribution < -0.4 is 14.8 Å². The van der Waals surface area contributed by atoms with Crippen molar-refractivity contribution in [2.24, 2.45) is 0 Å². The van der Waals surface area contributed by atoms with Crippen molar-refractivity contribution in [3.63, 3.8) is 0 Å². The Morgan fingerprint density at radius 2 is 2.03 bits per heavy atom. The second kappa shape index (κ2) is 11.6. The summed E-state index contributed by atoms with van der Waals surface area (Å²) in [7, 11) is 0. The number of halogens is 1. The van der Waals surface area contributed by atoms with Gasteiger partial charge in [0.2, 0.25) is 0 Å². The van der Waals surface area contributed by atoms with E-state index in [2.05, 4.69) is 17.2 Å². The summed E-state index contributed by atoms with van der Waals surface area (Å²) in [5.41, 5.74) is 1.48. The zero-order chi connectivity index (χ0) is 21.2. The summed E-state index contributed by atoms with van der Waals surface area (Å²) in [6.45, 7) is 3.06. The smallest absolute Gasteiger partial charge is 0.269 e. The predicted molar refractivity (Wildman–Crippen MR) is 122 cm³/mol. The number of hydrogen-bond acceptors (Lipinski definition) is 5. The molecule has 0 atom stereocenters. The van der Waals surface area contributed by atoms with Crippen LogP contribution in [0.1, 0.15) is 47.8 Å². The molecule has 5 nitrogen and oxygen atoms in total. The number of nitrogens with one attached hydrogen (secondary N) is 1. The fourth-order valence-electron chi connectivity index (χ4n) is 2.89. The van der Waals surface area contributed by atoms with Crippen LogP contribution in [0, 0.1) is 0 Å². The first-order chi connectivity index (χ1) is 14.7. The first-order valence-electron chi connectivity index (χ1n) is 10.0. The number of thiophene rings is 1. The molecule has 3 rings (SSSR count). The predicted octanol–water partition coefficient (Wildman–Crippen LogP) is 6.59. The zero-order valence-electron chi connectivity index (χ0n) is 16.9. The van der Waals surface area contributed by atoms with Gasteiger partial charge in [0.1, 0.15) is 23.0 Å². The Hall–Kier alpha value is -2.57. The van der Waals surface area contributed by atoms with Crippen molar-refractivity contribution in [2.45, 2.75) is 39.2 Å². The number of rotatable bonds is 11. The lowest BCUT2D eigenvalue weighted by atomic mass is 10.2. The van der Waals surface area contributed by atoms with Gasteiger partial charge < -0.3 is 14.8 Å². The molecule has 0 fully saturated rings. The average Bonchev–Trinajstić information content (AvgIpc) is 3.23. The molecule has 0 unspecified atom stereocenters. The molecule has 7 heteroatoms. The minimum Gasteiger partial charge on any atom is -0.492 e. The monoisotopic (exact) mass is 444 g/mol. The van der Waals surface area contributed by atoms with E-state index in [1.807, 2.05) is 23.6 Å². The SMILES string of the molecule is CCCCCCOc1c(Cl)cccc1COc1ccsc1C(=O)Nc1cccnc1. The van der Waals surface area contributed by atoms with Gasteiger partial charge in [-0.3, -0.25) is 9.78 Å². The van der Waals surface area contributed by atoms with Crippen LogP contribution in [-0.2, 0) is 6.61 Å². The fraction of sp³-hybridized carbons (Fsp3) is 0.304. The van der Waals surface area contributed by atoms with Gasteiger partial charge in [0.15, 0.2) is 0 Å². The van der Waals surface area contributed by atoms with Gasteiger partial charge in [-0.1, -0.05) is 49.9 Å². The number of aromatic nitrogens is 1. The van der Waals surface area contributed by atoms with Gasteiger partial charge in [-0.2, -0.15) is 0 Å². The third-order valence-electron chi connectivity index (χ3n) is 4.43. The van der Waals surface area contributed by atoms with E-state index in [0.717, 1.165) is 18.4 Å². The molecule has 158 valence electrons. The van der Waals surface area contributed by atoms with Crippen molar-refractivity contribution in [2.75, 3.05) is 11.9 Å². The number of hydrogen-bond donors (Lipinski definition) is 1. The summed E-state index contributed by atoms with van der Waals surface area (Å²) in [4.78, 5) is 17.1. The van der Waals surface area contributed by atoms with E-state index < -0.39 is 0 Å². The summed E-state index contributed by atoms with van der Waals surface area (Å²) in [5.74, 6) is 0.939. The van der Waals surface area contributed by atoms with E-state index in [4.69, 9.17) is 21.1 Å². The molecule has 0 saturated carbocycles. The molecule has 0 spiro atoms. The molecule has 2 aromatic heterocycles. The number of carbonyl (C=O) groups is 1. The molecule has 0 aliphatic heterocycles. The van der Waals surface area contributed by atoms with Gasteiger partial charge in [-0.05, 0) is 36.1 Å². The molecular formula is C23H25ClN2O3S. The van der Waals surface area contributed by atoms with Crippen molar-refractivity contribution < 1.29 is 14.3 Å². The summed E-state index contributed by atoms with van der Waals surface area (Å²) < 4.78 is 11.9. The first kappa shape index (κ1) is 22.1. The van der Waals surface area contributed by atoms with Crippen LogP contribution in [0.4, 0.5) is 5.69 Å². The Balaban J connectivity index is 1.63. The number of para-hydroxylation sites is 1. The first-order valence-corrected chi connectivity index (χ1v) is 11.3. The Kier molecular flexibility index (Phi) is 8.53. The van der Waals surface area contributed by atoms with Crippen LogP contribution in [0.2, 0.25) is 5.02 Å². The van der Waals surface area contributed by atoms with E-state index >= 15 is 0 Å². The Morgan fingerprint density at radius 3 is 2.83 bits per heavy atom. The molecule has 30 heavy (non-hydrogen) atoms. The molecule has 1 amide bonds. The number of pyridine rings is 1. The maximum Gasteiger partial charge on any atom is 0.269 e. The summed E-state index contributed by atoms with van der Waals surface area (Å²) in [6.07, 6.45) is 7.76. The van der Waals surface area contributed by atoms with E-state index in [0.29, 0.717) is 33.7 Å². The van der Waals surface area contributed by atoms with Gasteiger partial charge in [0.25, 0.3) is 5.91 Å². The standard InChI is InChI=1S/C23H25ClN2O3S/c1-2-3-4-5-13-28-21-17(8-6-10-19(21)24)16-29-20-11-14-30-22(20)23(27)26-18-9-7-12-25-15-18/h6-12,14-15H,2-5,13,16H2,1H3,(H,26,27). The number of nitrogens with zero attached hydrogens (tertiary/aromatic N) is 1. The van der Waals surface area contributed by atoms with Crippen LogP contribution in [0.25, 0.3) is 0 Å².